The number of methoxy groups -OCH3 is 1. The maximum Gasteiger partial charge on any atom is 0.335 e. The summed E-state index contributed by atoms with van der Waals surface area (Å²) < 4.78 is 16.8. The molecule has 5 amide bonds. The minimum Gasteiger partial charge on any atom is -0.492 e. The van der Waals surface area contributed by atoms with Crippen molar-refractivity contribution in [2.75, 3.05) is 32.4 Å². The zero-order valence-corrected chi connectivity index (χ0v) is 21.3. The predicted octanol–water partition coefficient (Wildman–Crippen LogP) is 3.41. The quantitative estimate of drug-likeness (QED) is 0.370. The van der Waals surface area contributed by atoms with Gasteiger partial charge in [0, 0.05) is 24.7 Å². The van der Waals surface area contributed by atoms with Gasteiger partial charge in [-0.25, -0.2) is 9.69 Å². The number of anilines is 1. The van der Waals surface area contributed by atoms with Crippen molar-refractivity contribution < 1.29 is 33.4 Å². The van der Waals surface area contributed by atoms with E-state index in [4.69, 9.17) is 14.2 Å². The number of rotatable bonds is 7. The van der Waals surface area contributed by atoms with Crippen LogP contribution in [0.1, 0.15) is 21.5 Å². The highest BCUT2D eigenvalue weighted by molar-refractivity contribution is 6.39. The number of barbiturate groups is 1. The Labute approximate surface area is 224 Å². The number of benzene rings is 3. The van der Waals surface area contributed by atoms with Crippen molar-refractivity contribution in [2.45, 2.75) is 6.42 Å². The highest BCUT2D eigenvalue weighted by atomic mass is 16.7. The van der Waals surface area contributed by atoms with E-state index in [0.717, 1.165) is 4.90 Å². The normalized spacial score (nSPS) is 15.4. The molecule has 0 aromatic heterocycles. The Bertz CT molecular complexity index is 1490. The lowest BCUT2D eigenvalue weighted by molar-refractivity contribution is -0.122. The Hall–Kier alpha value is -5.12. The van der Waals surface area contributed by atoms with E-state index in [2.05, 4.69) is 5.32 Å². The second kappa shape index (κ2) is 10.7. The average Bonchev–Trinajstić information content (AvgIpc) is 3.42. The van der Waals surface area contributed by atoms with Crippen LogP contribution >= 0.6 is 0 Å². The molecule has 2 heterocycles. The van der Waals surface area contributed by atoms with Crippen LogP contribution in [-0.2, 0) is 16.0 Å². The molecular formula is C29H25N3O7. The Morgan fingerprint density at radius 1 is 1.05 bits per heavy atom. The number of nitrogens with zero attached hydrogens (tertiary/aromatic N) is 2. The SMILES string of the molecule is COc1c(/C=C2/C(=O)NC(=O)N(c3ccccc3)C2=O)c(CCN(C)C(=O)c2ccccc2)cc2c1OCO2. The van der Waals surface area contributed by atoms with E-state index in [-0.39, 0.29) is 24.0 Å². The van der Waals surface area contributed by atoms with Gasteiger partial charge in [-0.3, -0.25) is 19.7 Å². The number of likely N-dealkylation sites (N-methyl/N-ethyl adjacent to an activating group) is 1. The van der Waals surface area contributed by atoms with Crippen molar-refractivity contribution in [2.24, 2.45) is 0 Å². The van der Waals surface area contributed by atoms with Crippen molar-refractivity contribution in [3.63, 3.8) is 0 Å². The lowest BCUT2D eigenvalue weighted by Crippen LogP contribution is -2.54. The van der Waals surface area contributed by atoms with Crippen LogP contribution in [0, 0.1) is 0 Å². The van der Waals surface area contributed by atoms with Gasteiger partial charge in [0.15, 0.2) is 11.5 Å². The summed E-state index contributed by atoms with van der Waals surface area (Å²) >= 11 is 0. The summed E-state index contributed by atoms with van der Waals surface area (Å²) in [6.07, 6.45) is 1.73. The van der Waals surface area contributed by atoms with E-state index < -0.39 is 17.8 Å². The second-order valence-electron chi connectivity index (χ2n) is 8.85. The minimum atomic E-state index is -0.840. The molecule has 0 radical (unpaired) electrons. The molecule has 2 aliphatic rings. The summed E-state index contributed by atoms with van der Waals surface area (Å²) in [4.78, 5) is 54.2. The molecule has 0 atom stereocenters. The molecule has 0 bridgehead atoms. The molecule has 10 heteroatoms. The van der Waals surface area contributed by atoms with E-state index in [0.29, 0.717) is 46.8 Å². The van der Waals surface area contributed by atoms with E-state index in [1.165, 1.54) is 13.2 Å². The summed E-state index contributed by atoms with van der Waals surface area (Å²) in [5.74, 6) is -0.713. The fraction of sp³-hybridized carbons (Fsp3) is 0.172. The van der Waals surface area contributed by atoms with Crippen LogP contribution in [0.4, 0.5) is 10.5 Å². The Morgan fingerprint density at radius 3 is 2.44 bits per heavy atom. The monoisotopic (exact) mass is 527 g/mol. The number of ether oxygens (including phenoxy) is 3. The average molecular weight is 528 g/mol. The molecule has 3 aromatic carbocycles. The first kappa shape index (κ1) is 25.5. The van der Waals surface area contributed by atoms with Crippen molar-refractivity contribution in [3.05, 3.63) is 89.0 Å². The molecule has 0 spiro atoms. The molecule has 0 unspecified atom stereocenters. The lowest BCUT2D eigenvalue weighted by Gasteiger charge is -2.26. The maximum absolute atomic E-state index is 13.4. The summed E-state index contributed by atoms with van der Waals surface area (Å²) in [7, 11) is 3.13. The number of urea groups is 1. The molecular weight excluding hydrogens is 502 g/mol. The standard InChI is InChI=1S/C29H25N3O7/c1-31(27(34)18-9-5-3-6-10-18)14-13-19-15-23-25(39-17-38-23)24(37-2)21(19)16-22-26(33)30-29(36)32(28(22)35)20-11-7-4-8-12-20/h3-12,15-16H,13-14,17H2,1-2H3,(H,30,33,36)/b22-16-. The number of para-hydroxylation sites is 1. The smallest absolute Gasteiger partial charge is 0.335 e. The first-order chi connectivity index (χ1) is 18.9. The zero-order valence-electron chi connectivity index (χ0n) is 21.3. The second-order valence-corrected chi connectivity index (χ2v) is 8.85. The first-order valence-electron chi connectivity index (χ1n) is 12.2. The molecule has 198 valence electrons. The molecule has 2 aliphatic heterocycles. The van der Waals surface area contributed by atoms with Crippen molar-refractivity contribution in [1.82, 2.24) is 10.2 Å². The third-order valence-corrected chi connectivity index (χ3v) is 6.44. The van der Waals surface area contributed by atoms with Gasteiger partial charge in [-0.15, -0.1) is 0 Å². The molecule has 0 saturated carbocycles. The largest absolute Gasteiger partial charge is 0.492 e. The third kappa shape index (κ3) is 4.91. The topological polar surface area (TPSA) is 114 Å². The van der Waals surface area contributed by atoms with E-state index in [1.807, 2.05) is 6.07 Å². The molecule has 39 heavy (non-hydrogen) atoms. The Balaban J connectivity index is 1.52. The van der Waals surface area contributed by atoms with Crippen molar-refractivity contribution >= 4 is 35.5 Å². The van der Waals surface area contributed by atoms with Gasteiger partial charge in [0.1, 0.15) is 5.57 Å². The van der Waals surface area contributed by atoms with Crippen molar-refractivity contribution in [1.29, 1.82) is 0 Å². The van der Waals surface area contributed by atoms with E-state index in [9.17, 15) is 19.2 Å². The van der Waals surface area contributed by atoms with Gasteiger partial charge in [0.25, 0.3) is 17.7 Å². The summed E-state index contributed by atoms with van der Waals surface area (Å²) in [5.41, 5.74) is 1.67. The number of imide groups is 2. The number of hydrogen-bond donors (Lipinski definition) is 1. The summed E-state index contributed by atoms with van der Waals surface area (Å²) in [6, 6.07) is 18.1. The van der Waals surface area contributed by atoms with E-state index in [1.54, 1.807) is 72.6 Å². The van der Waals surface area contributed by atoms with E-state index >= 15 is 0 Å². The van der Waals surface area contributed by atoms with Crippen LogP contribution in [0.25, 0.3) is 6.08 Å². The van der Waals surface area contributed by atoms with Crippen LogP contribution < -0.4 is 24.4 Å². The lowest BCUT2D eigenvalue weighted by atomic mass is 9.97. The number of hydrogen-bond acceptors (Lipinski definition) is 7. The van der Waals surface area contributed by atoms with Gasteiger partial charge in [0.2, 0.25) is 12.5 Å². The van der Waals surface area contributed by atoms with Gasteiger partial charge >= 0.3 is 6.03 Å². The highest BCUT2D eigenvalue weighted by Gasteiger charge is 2.37. The molecule has 10 nitrogen and oxygen atoms in total. The number of nitrogens with one attached hydrogen (secondary N) is 1. The number of carbonyl (C=O) groups is 4. The first-order valence-corrected chi connectivity index (χ1v) is 12.2. The molecule has 1 N–H and O–H groups in total. The van der Waals surface area contributed by atoms with Crippen LogP contribution in [0.5, 0.6) is 17.2 Å². The molecule has 5 rings (SSSR count). The van der Waals surface area contributed by atoms with Gasteiger partial charge in [-0.05, 0) is 48.4 Å². The number of fused-ring (bicyclic) bond motifs is 1. The summed E-state index contributed by atoms with van der Waals surface area (Å²) in [6.45, 7) is 0.300. The van der Waals surface area contributed by atoms with Crippen molar-refractivity contribution in [3.8, 4) is 17.2 Å². The summed E-state index contributed by atoms with van der Waals surface area (Å²) in [5, 5.41) is 2.23. The number of carbonyl (C=O) groups excluding carboxylic acids is 4. The van der Waals surface area contributed by atoms with Gasteiger partial charge in [-0.2, -0.15) is 0 Å². The Kier molecular flexibility index (Phi) is 7.00. The molecule has 1 fully saturated rings. The molecule has 1 saturated heterocycles. The Morgan fingerprint density at radius 2 is 1.74 bits per heavy atom. The minimum absolute atomic E-state index is 0.0206. The van der Waals surface area contributed by atoms with Gasteiger partial charge < -0.3 is 19.1 Å². The number of amides is 5. The van der Waals surface area contributed by atoms with Crippen LogP contribution in [0.2, 0.25) is 0 Å². The maximum atomic E-state index is 13.4. The zero-order chi connectivity index (χ0) is 27.5. The molecule has 0 aliphatic carbocycles. The van der Waals surface area contributed by atoms with Gasteiger partial charge in [-0.1, -0.05) is 36.4 Å². The fourth-order valence-electron chi connectivity index (χ4n) is 4.45. The fourth-order valence-corrected chi connectivity index (χ4v) is 4.45. The van der Waals surface area contributed by atoms with Crippen LogP contribution in [0.15, 0.2) is 72.3 Å². The van der Waals surface area contributed by atoms with Crippen LogP contribution in [0.3, 0.4) is 0 Å². The third-order valence-electron chi connectivity index (χ3n) is 6.44. The van der Waals surface area contributed by atoms with Gasteiger partial charge in [0.05, 0.1) is 12.8 Å². The predicted molar refractivity (Wildman–Crippen MR) is 142 cm³/mol. The highest BCUT2D eigenvalue weighted by Crippen LogP contribution is 2.46. The van der Waals surface area contributed by atoms with Crippen LogP contribution in [-0.4, -0.2) is 56.1 Å². The molecule has 3 aromatic rings.